The fourth-order valence-electron chi connectivity index (χ4n) is 1.40. The molecule has 4 nitrogen and oxygen atoms in total. The van der Waals surface area contributed by atoms with Crippen LogP contribution in [-0.2, 0) is 0 Å². The van der Waals surface area contributed by atoms with Crippen molar-refractivity contribution in [2.24, 2.45) is 0 Å². The van der Waals surface area contributed by atoms with Crippen molar-refractivity contribution in [3.05, 3.63) is 41.0 Å². The van der Waals surface area contributed by atoms with E-state index in [4.69, 9.17) is 9.15 Å². The van der Waals surface area contributed by atoms with Gasteiger partial charge in [-0.3, -0.25) is 0 Å². The molecule has 0 spiro atoms. The van der Waals surface area contributed by atoms with Crippen LogP contribution in [0.4, 0.5) is 0 Å². The van der Waals surface area contributed by atoms with Crippen molar-refractivity contribution in [1.29, 1.82) is 0 Å². The van der Waals surface area contributed by atoms with E-state index >= 15 is 0 Å². The Hall–Kier alpha value is -1.55. The number of rotatable bonds is 6. The van der Waals surface area contributed by atoms with Gasteiger partial charge in [0.05, 0.1) is 6.07 Å². The Bertz CT molecular complexity index is 397. The summed E-state index contributed by atoms with van der Waals surface area (Å²) in [7, 11) is 0. The van der Waals surface area contributed by atoms with Gasteiger partial charge < -0.3 is 14.9 Å². The molecule has 1 aromatic rings. The molecule has 0 aliphatic heterocycles. The van der Waals surface area contributed by atoms with E-state index in [0.29, 0.717) is 18.1 Å². The van der Waals surface area contributed by atoms with E-state index in [9.17, 15) is 4.79 Å². The van der Waals surface area contributed by atoms with Gasteiger partial charge in [-0.05, 0) is 0 Å². The van der Waals surface area contributed by atoms with Crippen LogP contribution in [0, 0.1) is 0 Å². The van der Waals surface area contributed by atoms with E-state index in [1.165, 1.54) is 6.07 Å². The zero-order chi connectivity index (χ0) is 12.0. The molecular weight excluding hydrogens is 206 g/mol. The lowest BCUT2D eigenvalue weighted by Gasteiger charge is -2.07. The molecule has 3 N–H and O–H groups in total. The second-order valence-corrected chi connectivity index (χ2v) is 3.60. The maximum Gasteiger partial charge on any atom is 0.339 e. The molecule has 1 aromatic heterocycles. The summed E-state index contributed by atoms with van der Waals surface area (Å²) in [6.45, 7) is 5.98. The van der Waals surface area contributed by atoms with E-state index in [-0.39, 0.29) is 6.04 Å². The van der Waals surface area contributed by atoms with Gasteiger partial charge in [-0.25, -0.2) is 4.79 Å². The molecule has 1 rings (SSSR count). The van der Waals surface area contributed by atoms with E-state index in [1.807, 2.05) is 0 Å². The molecule has 16 heavy (non-hydrogen) atoms. The van der Waals surface area contributed by atoms with Gasteiger partial charge in [-0.15, -0.1) is 0 Å². The summed E-state index contributed by atoms with van der Waals surface area (Å²) >= 11 is 0. The Kier molecular flexibility index (Phi) is 4.79. The van der Waals surface area contributed by atoms with E-state index in [1.54, 1.807) is 12.1 Å². The smallest absolute Gasteiger partial charge is 0.339 e. The first-order valence-electron chi connectivity index (χ1n) is 5.39. The molecule has 0 aromatic carbocycles. The molecule has 0 fully saturated rings. The lowest BCUT2D eigenvalue weighted by Crippen LogP contribution is -2.53. The van der Waals surface area contributed by atoms with Gasteiger partial charge in [-0.1, -0.05) is 26.0 Å². The molecule has 4 heteroatoms. The summed E-state index contributed by atoms with van der Waals surface area (Å²) in [5.74, 6) is 1.09. The van der Waals surface area contributed by atoms with Crippen molar-refractivity contribution < 1.29 is 14.9 Å². The van der Waals surface area contributed by atoms with Crippen LogP contribution in [0.1, 0.15) is 31.6 Å². The summed E-state index contributed by atoms with van der Waals surface area (Å²) in [6.07, 6.45) is 3.51. The zero-order valence-corrected chi connectivity index (χ0v) is 9.57. The Labute approximate surface area is 94.7 Å². The largest absolute Gasteiger partial charge is 0.489 e. The second-order valence-electron chi connectivity index (χ2n) is 3.60. The summed E-state index contributed by atoms with van der Waals surface area (Å²) in [4.78, 5) is 11.3. The number of hydrogen-bond donors (Lipinski definition) is 1. The van der Waals surface area contributed by atoms with Gasteiger partial charge in [0, 0.05) is 12.5 Å². The van der Waals surface area contributed by atoms with Gasteiger partial charge >= 0.3 is 5.63 Å². The standard InChI is InChI=1S/C12H17NO3/c1-3-5-10(13)11-7-9(15-6-4-2)8-12(14)16-11/h4,7-8,10H,2-3,5-6,13H2,1H3/p+1. The summed E-state index contributed by atoms with van der Waals surface area (Å²) < 4.78 is 10.4. The van der Waals surface area contributed by atoms with Crippen molar-refractivity contribution in [3.8, 4) is 5.75 Å². The van der Waals surface area contributed by atoms with Crippen LogP contribution in [0.25, 0.3) is 0 Å². The van der Waals surface area contributed by atoms with Crippen molar-refractivity contribution in [1.82, 2.24) is 0 Å². The minimum absolute atomic E-state index is 0.00928. The lowest BCUT2D eigenvalue weighted by molar-refractivity contribution is -0.432. The fourth-order valence-corrected chi connectivity index (χ4v) is 1.40. The average Bonchev–Trinajstić information content (AvgIpc) is 2.26. The molecule has 0 saturated heterocycles. The third-order valence-electron chi connectivity index (χ3n) is 2.17. The molecule has 1 atom stereocenters. The fraction of sp³-hybridized carbons (Fsp3) is 0.417. The molecule has 0 aliphatic rings. The first-order valence-corrected chi connectivity index (χ1v) is 5.39. The highest BCUT2D eigenvalue weighted by molar-refractivity contribution is 5.21. The molecule has 1 unspecified atom stereocenters. The number of ether oxygens (including phenoxy) is 1. The van der Waals surface area contributed by atoms with Gasteiger partial charge in [0.15, 0.2) is 5.76 Å². The highest BCUT2D eigenvalue weighted by atomic mass is 16.5. The highest BCUT2D eigenvalue weighted by Crippen LogP contribution is 2.17. The summed E-state index contributed by atoms with van der Waals surface area (Å²) in [5, 5.41) is 0. The van der Waals surface area contributed by atoms with Crippen LogP contribution in [-0.4, -0.2) is 6.61 Å². The van der Waals surface area contributed by atoms with Gasteiger partial charge in [-0.2, -0.15) is 0 Å². The normalized spacial score (nSPS) is 12.1. The van der Waals surface area contributed by atoms with Crippen LogP contribution in [0.3, 0.4) is 0 Å². The Morgan fingerprint density at radius 2 is 2.38 bits per heavy atom. The molecule has 0 bridgehead atoms. The average molecular weight is 224 g/mol. The van der Waals surface area contributed by atoms with Gasteiger partial charge in [0.1, 0.15) is 18.4 Å². The van der Waals surface area contributed by atoms with Crippen LogP contribution >= 0.6 is 0 Å². The van der Waals surface area contributed by atoms with E-state index < -0.39 is 5.63 Å². The maximum atomic E-state index is 11.3. The van der Waals surface area contributed by atoms with E-state index in [2.05, 4.69) is 19.2 Å². The predicted molar refractivity (Wildman–Crippen MR) is 61.2 cm³/mol. The first-order chi connectivity index (χ1) is 7.67. The lowest BCUT2D eigenvalue weighted by atomic mass is 10.1. The maximum absolute atomic E-state index is 11.3. The third kappa shape index (κ3) is 3.55. The van der Waals surface area contributed by atoms with Crippen molar-refractivity contribution in [2.45, 2.75) is 25.8 Å². The van der Waals surface area contributed by atoms with Gasteiger partial charge in [0.2, 0.25) is 0 Å². The van der Waals surface area contributed by atoms with Crippen molar-refractivity contribution >= 4 is 0 Å². The Morgan fingerprint density at radius 1 is 1.62 bits per heavy atom. The molecule has 0 radical (unpaired) electrons. The zero-order valence-electron chi connectivity index (χ0n) is 9.57. The van der Waals surface area contributed by atoms with Crippen LogP contribution in [0.15, 0.2) is 34.0 Å². The Morgan fingerprint density at radius 3 is 3.00 bits per heavy atom. The molecular formula is C12H18NO3+. The van der Waals surface area contributed by atoms with Crippen LogP contribution < -0.4 is 16.1 Å². The third-order valence-corrected chi connectivity index (χ3v) is 2.17. The molecule has 1 heterocycles. The molecule has 88 valence electrons. The predicted octanol–water partition coefficient (Wildman–Crippen LogP) is 1.29. The second kappa shape index (κ2) is 6.12. The number of quaternary nitrogens is 1. The summed E-state index contributed by atoms with van der Waals surface area (Å²) in [5.41, 5.74) is 3.55. The van der Waals surface area contributed by atoms with Crippen LogP contribution in [0.5, 0.6) is 5.75 Å². The topological polar surface area (TPSA) is 67.1 Å². The molecule has 0 aliphatic carbocycles. The minimum Gasteiger partial charge on any atom is -0.489 e. The minimum atomic E-state index is -0.402. The van der Waals surface area contributed by atoms with Crippen molar-refractivity contribution in [2.75, 3.05) is 6.61 Å². The van der Waals surface area contributed by atoms with Crippen molar-refractivity contribution in [3.63, 3.8) is 0 Å². The van der Waals surface area contributed by atoms with E-state index in [0.717, 1.165) is 12.8 Å². The summed E-state index contributed by atoms with van der Waals surface area (Å²) in [6, 6.07) is 3.04. The number of hydrogen-bond acceptors (Lipinski definition) is 3. The Balaban J connectivity index is 2.88. The highest BCUT2D eigenvalue weighted by Gasteiger charge is 2.13. The SMILES string of the molecule is C=CCOc1cc(C([NH3+])CCC)oc(=O)c1. The van der Waals surface area contributed by atoms with Crippen LogP contribution in [0.2, 0.25) is 0 Å². The molecule has 0 saturated carbocycles. The first kappa shape index (κ1) is 12.5. The van der Waals surface area contributed by atoms with Gasteiger partial charge in [0.25, 0.3) is 0 Å². The molecule has 0 amide bonds. The monoisotopic (exact) mass is 224 g/mol. The quantitative estimate of drug-likeness (QED) is 0.740.